The summed E-state index contributed by atoms with van der Waals surface area (Å²) in [7, 11) is 0. The monoisotopic (exact) mass is 542 g/mol. The molecule has 0 radical (unpaired) electrons. The number of piperidine rings is 1. The van der Waals surface area contributed by atoms with Gasteiger partial charge in [0.1, 0.15) is 0 Å². The Morgan fingerprint density at radius 2 is 1.90 bits per heavy atom. The summed E-state index contributed by atoms with van der Waals surface area (Å²) in [5.41, 5.74) is 2.63. The standard InChI is InChI=1S/C24H38N4O2.HI/c1-4-25-23(27-21-20-11-14-30-22(20)24(21,2)3)26-15-17-5-7-19(8-6-17)28-12-9-18(16-29)10-13-28;/h5-8,18,20-22,29H,4,9-16H2,1-3H3,(H2,25,26,27);1H. The Kier molecular flexibility index (Phi) is 8.49. The second-order valence-electron chi connectivity index (χ2n) is 9.66. The number of hydrogen-bond donors (Lipinski definition) is 3. The van der Waals surface area contributed by atoms with Gasteiger partial charge in [-0.3, -0.25) is 0 Å². The van der Waals surface area contributed by atoms with Gasteiger partial charge in [-0.1, -0.05) is 26.0 Å². The van der Waals surface area contributed by atoms with E-state index in [2.05, 4.69) is 60.6 Å². The first kappa shape index (κ1) is 24.6. The molecule has 7 heteroatoms. The molecule has 1 aromatic rings. The Balaban J connectivity index is 0.00000272. The molecule has 1 aliphatic carbocycles. The summed E-state index contributed by atoms with van der Waals surface area (Å²) in [6, 6.07) is 9.20. The number of aliphatic imine (C=N–C) groups is 1. The molecule has 4 rings (SSSR count). The van der Waals surface area contributed by atoms with E-state index < -0.39 is 0 Å². The number of ether oxygens (including phenoxy) is 1. The SMILES string of the molecule is CCNC(=NCc1ccc(N2CCC(CO)CC2)cc1)NC1C2CCOC2C1(C)C.I. The second-order valence-corrected chi connectivity index (χ2v) is 9.66. The summed E-state index contributed by atoms with van der Waals surface area (Å²) in [5, 5.41) is 16.4. The minimum atomic E-state index is 0. The highest BCUT2D eigenvalue weighted by molar-refractivity contribution is 14.0. The first-order valence-electron chi connectivity index (χ1n) is 11.6. The van der Waals surface area contributed by atoms with E-state index in [1.54, 1.807) is 0 Å². The van der Waals surface area contributed by atoms with Crippen LogP contribution in [0.3, 0.4) is 0 Å². The first-order valence-corrected chi connectivity index (χ1v) is 11.6. The van der Waals surface area contributed by atoms with Crippen LogP contribution in [0.2, 0.25) is 0 Å². The molecule has 2 heterocycles. The molecular weight excluding hydrogens is 503 g/mol. The number of halogens is 1. The van der Waals surface area contributed by atoms with E-state index in [0.29, 0.717) is 37.1 Å². The number of anilines is 1. The Bertz CT molecular complexity index is 732. The van der Waals surface area contributed by atoms with Crippen molar-refractivity contribution in [3.63, 3.8) is 0 Å². The Morgan fingerprint density at radius 3 is 2.55 bits per heavy atom. The lowest BCUT2D eigenvalue weighted by atomic mass is 9.57. The summed E-state index contributed by atoms with van der Waals surface area (Å²) in [4.78, 5) is 7.28. The van der Waals surface area contributed by atoms with Gasteiger partial charge in [0, 0.05) is 55.9 Å². The summed E-state index contributed by atoms with van der Waals surface area (Å²) in [6.07, 6.45) is 3.67. The van der Waals surface area contributed by atoms with E-state index in [9.17, 15) is 5.11 Å². The molecule has 1 aromatic carbocycles. The molecule has 3 atom stereocenters. The third-order valence-corrected chi connectivity index (χ3v) is 7.33. The van der Waals surface area contributed by atoms with Crippen molar-refractivity contribution in [2.45, 2.75) is 58.7 Å². The zero-order valence-corrected chi connectivity index (χ0v) is 21.5. The van der Waals surface area contributed by atoms with E-state index in [-0.39, 0.29) is 29.4 Å². The van der Waals surface area contributed by atoms with Gasteiger partial charge in [0.05, 0.1) is 12.6 Å². The van der Waals surface area contributed by atoms with E-state index in [1.807, 2.05) is 0 Å². The maximum atomic E-state index is 9.33. The number of fused-ring (bicyclic) bond motifs is 1. The van der Waals surface area contributed by atoms with Crippen LogP contribution in [0.5, 0.6) is 0 Å². The van der Waals surface area contributed by atoms with Gasteiger partial charge < -0.3 is 25.4 Å². The smallest absolute Gasteiger partial charge is 0.191 e. The Labute approximate surface area is 204 Å². The van der Waals surface area contributed by atoms with Gasteiger partial charge in [0.2, 0.25) is 0 Å². The molecule has 0 amide bonds. The minimum absolute atomic E-state index is 0. The largest absolute Gasteiger partial charge is 0.396 e. The van der Waals surface area contributed by atoms with Crippen LogP contribution in [-0.2, 0) is 11.3 Å². The Hall–Kier alpha value is -1.06. The highest BCUT2D eigenvalue weighted by Crippen LogP contribution is 2.52. The quantitative estimate of drug-likeness (QED) is 0.292. The zero-order chi connectivity index (χ0) is 21.1. The van der Waals surface area contributed by atoms with Crippen LogP contribution in [0.1, 0.15) is 45.6 Å². The van der Waals surface area contributed by atoms with Crippen LogP contribution in [0.15, 0.2) is 29.3 Å². The second kappa shape index (κ2) is 10.7. The van der Waals surface area contributed by atoms with E-state index in [4.69, 9.17) is 9.73 Å². The van der Waals surface area contributed by atoms with Gasteiger partial charge in [-0.2, -0.15) is 0 Å². The van der Waals surface area contributed by atoms with Crippen LogP contribution in [0.4, 0.5) is 5.69 Å². The molecule has 6 nitrogen and oxygen atoms in total. The zero-order valence-electron chi connectivity index (χ0n) is 19.1. The lowest BCUT2D eigenvalue weighted by Gasteiger charge is -2.54. The fourth-order valence-electron chi connectivity index (χ4n) is 5.44. The van der Waals surface area contributed by atoms with Crippen molar-refractivity contribution in [1.82, 2.24) is 10.6 Å². The lowest BCUT2D eigenvalue weighted by molar-refractivity contribution is -0.106. The first-order chi connectivity index (χ1) is 14.5. The molecule has 2 saturated heterocycles. The number of aliphatic hydroxyl groups excluding tert-OH is 1. The number of benzene rings is 1. The number of nitrogens with one attached hydrogen (secondary N) is 2. The number of nitrogens with zero attached hydrogens (tertiary/aromatic N) is 2. The topological polar surface area (TPSA) is 69.1 Å². The van der Waals surface area contributed by atoms with Gasteiger partial charge in [0.15, 0.2) is 5.96 Å². The van der Waals surface area contributed by atoms with Crippen molar-refractivity contribution in [3.8, 4) is 0 Å². The molecule has 31 heavy (non-hydrogen) atoms. The van der Waals surface area contributed by atoms with Crippen molar-refractivity contribution in [2.24, 2.45) is 22.2 Å². The number of rotatable bonds is 6. The molecule has 3 fully saturated rings. The highest BCUT2D eigenvalue weighted by Gasteiger charge is 2.59. The van der Waals surface area contributed by atoms with Crippen LogP contribution in [0, 0.1) is 17.3 Å². The summed E-state index contributed by atoms with van der Waals surface area (Å²) in [5.74, 6) is 1.97. The van der Waals surface area contributed by atoms with Crippen molar-refractivity contribution in [1.29, 1.82) is 0 Å². The molecule has 0 spiro atoms. The maximum absolute atomic E-state index is 9.33. The third-order valence-electron chi connectivity index (χ3n) is 7.33. The normalized spacial score (nSPS) is 27.8. The van der Waals surface area contributed by atoms with Crippen LogP contribution in [-0.4, -0.2) is 56.1 Å². The van der Waals surface area contributed by atoms with Crippen LogP contribution < -0.4 is 15.5 Å². The summed E-state index contributed by atoms with van der Waals surface area (Å²) < 4.78 is 5.92. The van der Waals surface area contributed by atoms with Crippen molar-refractivity contribution in [2.75, 3.05) is 37.7 Å². The average Bonchev–Trinajstić information content (AvgIpc) is 3.23. The minimum Gasteiger partial charge on any atom is -0.396 e. The van der Waals surface area contributed by atoms with Gasteiger partial charge >= 0.3 is 0 Å². The van der Waals surface area contributed by atoms with Crippen molar-refractivity contribution in [3.05, 3.63) is 29.8 Å². The number of aliphatic hydroxyl groups is 1. The van der Waals surface area contributed by atoms with E-state index in [0.717, 1.165) is 51.5 Å². The van der Waals surface area contributed by atoms with Crippen molar-refractivity contribution < 1.29 is 9.84 Å². The van der Waals surface area contributed by atoms with E-state index >= 15 is 0 Å². The fraction of sp³-hybridized carbons (Fsp3) is 0.708. The fourth-order valence-corrected chi connectivity index (χ4v) is 5.44. The molecular formula is C24H39IN4O2. The highest BCUT2D eigenvalue weighted by atomic mass is 127. The average molecular weight is 543 g/mol. The molecule has 0 aromatic heterocycles. The molecule has 3 unspecified atom stereocenters. The summed E-state index contributed by atoms with van der Waals surface area (Å²) >= 11 is 0. The van der Waals surface area contributed by atoms with Crippen molar-refractivity contribution >= 4 is 35.6 Å². The predicted octanol–water partition coefficient (Wildman–Crippen LogP) is 3.38. The van der Waals surface area contributed by atoms with Gasteiger partial charge in [-0.25, -0.2) is 4.99 Å². The van der Waals surface area contributed by atoms with Crippen LogP contribution >= 0.6 is 24.0 Å². The third kappa shape index (κ3) is 5.30. The summed E-state index contributed by atoms with van der Waals surface area (Å²) in [6.45, 7) is 11.5. The Morgan fingerprint density at radius 1 is 1.19 bits per heavy atom. The molecule has 0 bridgehead atoms. The molecule has 3 aliphatic rings. The predicted molar refractivity (Wildman–Crippen MR) is 137 cm³/mol. The maximum Gasteiger partial charge on any atom is 0.191 e. The molecule has 3 N–H and O–H groups in total. The van der Waals surface area contributed by atoms with Crippen LogP contribution in [0.25, 0.3) is 0 Å². The molecule has 2 aliphatic heterocycles. The van der Waals surface area contributed by atoms with Gasteiger partial charge in [-0.15, -0.1) is 24.0 Å². The van der Waals surface area contributed by atoms with Gasteiger partial charge in [-0.05, 0) is 49.8 Å². The molecule has 1 saturated carbocycles. The lowest BCUT2D eigenvalue weighted by Crippen LogP contribution is -2.67. The number of guanidine groups is 1. The molecule has 174 valence electrons. The van der Waals surface area contributed by atoms with Gasteiger partial charge in [0.25, 0.3) is 0 Å². The number of hydrogen-bond acceptors (Lipinski definition) is 4. The van der Waals surface area contributed by atoms with E-state index in [1.165, 1.54) is 11.3 Å².